The molecule has 1 aliphatic heterocycles. The summed E-state index contributed by atoms with van der Waals surface area (Å²) in [7, 11) is 0. The lowest BCUT2D eigenvalue weighted by molar-refractivity contribution is 0.0974. The zero-order valence-electron chi connectivity index (χ0n) is 19.2. The zero-order valence-corrected chi connectivity index (χ0v) is 19.2. The van der Waals surface area contributed by atoms with Gasteiger partial charge in [0.25, 0.3) is 0 Å². The highest BCUT2D eigenvalue weighted by molar-refractivity contribution is 5.65. The molecule has 1 heterocycles. The van der Waals surface area contributed by atoms with Crippen LogP contribution in [-0.2, 0) is 11.1 Å². The molecule has 3 nitrogen and oxygen atoms in total. The summed E-state index contributed by atoms with van der Waals surface area (Å²) in [6.07, 6.45) is 0. The number of hydrogen-bond donors (Lipinski definition) is 0. The molecule has 168 valence electrons. The highest BCUT2D eigenvalue weighted by Gasteiger charge is 2.62. The van der Waals surface area contributed by atoms with E-state index in [1.807, 2.05) is 72.8 Å². The molecule has 6 rings (SSSR count). The molecule has 0 aromatic heterocycles. The van der Waals surface area contributed by atoms with Crippen molar-refractivity contribution in [2.45, 2.75) is 11.1 Å². The van der Waals surface area contributed by atoms with Crippen LogP contribution in [0.2, 0.25) is 0 Å². The van der Waals surface area contributed by atoms with Crippen LogP contribution in [0, 0.1) is 4.91 Å². The van der Waals surface area contributed by atoms with E-state index in [0.717, 1.165) is 33.4 Å². The molecule has 0 saturated heterocycles. The van der Waals surface area contributed by atoms with Crippen LogP contribution >= 0.6 is 0 Å². The Morgan fingerprint density at radius 1 is 0.400 bits per heavy atom. The Morgan fingerprint density at radius 3 is 0.914 bits per heavy atom. The molecule has 0 bridgehead atoms. The van der Waals surface area contributed by atoms with Crippen LogP contribution in [0.1, 0.15) is 33.4 Å². The molecule has 5 aromatic rings. The summed E-state index contributed by atoms with van der Waals surface area (Å²) in [5, 5.41) is 5.69. The van der Waals surface area contributed by atoms with E-state index in [-0.39, 0.29) is 0 Å². The Morgan fingerprint density at radius 2 is 0.657 bits per heavy atom. The van der Waals surface area contributed by atoms with Crippen molar-refractivity contribution in [1.29, 1.82) is 0 Å². The smallest absolute Gasteiger partial charge is 0.138 e. The normalized spacial score (nSPS) is 15.4. The number of hydrogen-bond acceptors (Lipinski definition) is 2. The molecule has 0 saturated carbocycles. The van der Waals surface area contributed by atoms with Gasteiger partial charge in [-0.2, -0.15) is 0 Å². The third-order valence-corrected chi connectivity index (χ3v) is 7.19. The van der Waals surface area contributed by atoms with E-state index < -0.39 is 11.1 Å². The Labute approximate surface area is 205 Å². The summed E-state index contributed by atoms with van der Waals surface area (Å²) in [4.78, 5) is 13.3. The van der Waals surface area contributed by atoms with Gasteiger partial charge in [-0.25, -0.2) is 5.01 Å². The first-order chi connectivity index (χ1) is 17.3. The maximum absolute atomic E-state index is 13.3. The molecule has 35 heavy (non-hydrogen) atoms. The van der Waals surface area contributed by atoms with Crippen LogP contribution in [0.25, 0.3) is 0 Å². The molecule has 0 fully saturated rings. The van der Waals surface area contributed by atoms with E-state index in [4.69, 9.17) is 0 Å². The monoisotopic (exact) mass is 452 g/mol. The lowest BCUT2D eigenvalue weighted by Gasteiger charge is -2.44. The fourth-order valence-corrected chi connectivity index (χ4v) is 5.88. The second kappa shape index (κ2) is 8.37. The van der Waals surface area contributed by atoms with Crippen molar-refractivity contribution >= 4 is 0 Å². The Bertz CT molecular complexity index is 1260. The number of benzene rings is 5. The summed E-state index contributed by atoms with van der Waals surface area (Å²) < 4.78 is 0. The molecule has 0 atom stereocenters. The highest BCUT2D eigenvalue weighted by atomic mass is 16.3. The van der Waals surface area contributed by atoms with E-state index in [1.54, 1.807) is 5.01 Å². The van der Waals surface area contributed by atoms with Crippen molar-refractivity contribution in [3.05, 3.63) is 184 Å². The third-order valence-electron chi connectivity index (χ3n) is 7.19. The largest absolute Gasteiger partial charge is 0.222 e. The van der Waals surface area contributed by atoms with Crippen molar-refractivity contribution in [3.8, 4) is 0 Å². The summed E-state index contributed by atoms with van der Waals surface area (Å²) in [6.45, 7) is 0. The van der Waals surface area contributed by atoms with Crippen molar-refractivity contribution < 1.29 is 0 Å². The SMILES string of the molecule is O=NN1C(c2ccccc2)(c2ccccc2)c2ccccc2C1(c1ccccc1)c1ccccc1. The maximum Gasteiger partial charge on any atom is 0.138 e. The first-order valence-electron chi connectivity index (χ1n) is 11.8. The lowest BCUT2D eigenvalue weighted by atomic mass is 9.76. The van der Waals surface area contributed by atoms with E-state index in [0.29, 0.717) is 0 Å². The van der Waals surface area contributed by atoms with Gasteiger partial charge in [0, 0.05) is 0 Å². The molecule has 3 heteroatoms. The fraction of sp³-hybridized carbons (Fsp3) is 0.0625. The standard InChI is InChI=1S/C32H24N2O/c35-33-34-31(25-15-5-1-6-16-25,26-17-7-2-8-18-26)29-23-13-14-24-30(29)32(34,27-19-9-3-10-20-27)28-21-11-4-12-22-28/h1-24H. The number of nitroso groups, excluding NO2 is 1. The molecular weight excluding hydrogens is 428 g/mol. The van der Waals surface area contributed by atoms with E-state index in [1.165, 1.54) is 0 Å². The van der Waals surface area contributed by atoms with Crippen molar-refractivity contribution in [2.75, 3.05) is 0 Å². The van der Waals surface area contributed by atoms with Crippen LogP contribution in [0.3, 0.4) is 0 Å². The molecule has 0 unspecified atom stereocenters. The molecular formula is C32H24N2O. The van der Waals surface area contributed by atoms with Crippen LogP contribution < -0.4 is 0 Å². The van der Waals surface area contributed by atoms with Crippen molar-refractivity contribution in [3.63, 3.8) is 0 Å². The molecule has 1 aliphatic rings. The van der Waals surface area contributed by atoms with E-state index in [2.05, 4.69) is 78.1 Å². The van der Waals surface area contributed by atoms with Crippen LogP contribution in [0.4, 0.5) is 0 Å². The highest BCUT2D eigenvalue weighted by Crippen LogP contribution is 2.60. The molecule has 0 spiro atoms. The average molecular weight is 453 g/mol. The number of rotatable bonds is 5. The van der Waals surface area contributed by atoms with Gasteiger partial charge in [-0.15, -0.1) is 4.91 Å². The average Bonchev–Trinajstić information content (AvgIpc) is 3.23. The number of fused-ring (bicyclic) bond motifs is 1. The van der Waals surface area contributed by atoms with E-state index >= 15 is 0 Å². The zero-order chi connectivity index (χ0) is 23.7. The van der Waals surface area contributed by atoms with Gasteiger partial charge in [-0.05, 0) is 33.4 Å². The molecule has 0 aliphatic carbocycles. The molecule has 0 N–H and O–H groups in total. The third kappa shape index (κ3) is 2.85. The summed E-state index contributed by atoms with van der Waals surface area (Å²) in [5.41, 5.74) is 4.21. The second-order valence-electron chi connectivity index (χ2n) is 8.82. The summed E-state index contributed by atoms with van der Waals surface area (Å²) in [5.74, 6) is 0. The van der Waals surface area contributed by atoms with Gasteiger partial charge in [0.15, 0.2) is 0 Å². The van der Waals surface area contributed by atoms with Gasteiger partial charge in [0.05, 0.1) is 5.29 Å². The maximum atomic E-state index is 13.3. The summed E-state index contributed by atoms with van der Waals surface area (Å²) in [6, 6.07) is 49.3. The topological polar surface area (TPSA) is 32.7 Å². The summed E-state index contributed by atoms with van der Waals surface area (Å²) >= 11 is 0. The minimum absolute atomic E-state index is 0.924. The Hall–Kier alpha value is -4.50. The van der Waals surface area contributed by atoms with Gasteiger partial charge in [-0.3, -0.25) is 0 Å². The Balaban J connectivity index is 1.83. The van der Waals surface area contributed by atoms with Gasteiger partial charge in [-0.1, -0.05) is 146 Å². The van der Waals surface area contributed by atoms with Gasteiger partial charge < -0.3 is 0 Å². The Kier molecular flexibility index (Phi) is 5.04. The minimum atomic E-state index is -0.924. The van der Waals surface area contributed by atoms with Crippen LogP contribution in [0.5, 0.6) is 0 Å². The fourth-order valence-electron chi connectivity index (χ4n) is 5.88. The van der Waals surface area contributed by atoms with Gasteiger partial charge in [0.2, 0.25) is 0 Å². The quantitative estimate of drug-likeness (QED) is 0.263. The molecule has 5 aromatic carbocycles. The van der Waals surface area contributed by atoms with Crippen LogP contribution in [0.15, 0.2) is 151 Å². The van der Waals surface area contributed by atoms with Crippen molar-refractivity contribution in [1.82, 2.24) is 5.01 Å². The molecule has 0 amide bonds. The minimum Gasteiger partial charge on any atom is -0.222 e. The predicted octanol–water partition coefficient (Wildman–Crippen LogP) is 7.27. The number of nitrogens with zero attached hydrogens (tertiary/aromatic N) is 2. The van der Waals surface area contributed by atoms with Crippen LogP contribution in [-0.4, -0.2) is 5.01 Å². The second-order valence-corrected chi connectivity index (χ2v) is 8.82. The van der Waals surface area contributed by atoms with Crippen molar-refractivity contribution in [2.24, 2.45) is 5.29 Å². The first-order valence-corrected chi connectivity index (χ1v) is 11.8. The van der Waals surface area contributed by atoms with Gasteiger partial charge in [0.1, 0.15) is 11.1 Å². The first kappa shape index (κ1) is 21.1. The van der Waals surface area contributed by atoms with E-state index in [9.17, 15) is 4.91 Å². The molecule has 0 radical (unpaired) electrons. The predicted molar refractivity (Wildman–Crippen MR) is 140 cm³/mol. The lowest BCUT2D eigenvalue weighted by Crippen LogP contribution is -2.50. The van der Waals surface area contributed by atoms with Gasteiger partial charge >= 0.3 is 0 Å².